The standard InChI is InChI=1S/C18H24ClNO3S/c1-13(24-16-8-4-3-7-15(16)19)17(21)20-9-5-6-14(12-20)18(2)22-10-11-23-18/h3-4,7-8,13-14H,5-6,9-12H2,1-2H3. The van der Waals surface area contributed by atoms with Crippen molar-refractivity contribution in [2.75, 3.05) is 26.3 Å². The predicted octanol–water partition coefficient (Wildman–Crippen LogP) is 3.82. The molecular formula is C18H24ClNO3S. The number of likely N-dealkylation sites (tertiary alicyclic amines) is 1. The molecule has 2 saturated heterocycles. The number of carbonyl (C=O) groups is 1. The number of thioether (sulfide) groups is 1. The number of hydrogen-bond acceptors (Lipinski definition) is 4. The van der Waals surface area contributed by atoms with Crippen LogP contribution in [0.3, 0.4) is 0 Å². The molecule has 2 heterocycles. The Bertz CT molecular complexity index is 591. The van der Waals surface area contributed by atoms with Crippen LogP contribution in [0.2, 0.25) is 5.02 Å². The van der Waals surface area contributed by atoms with Gasteiger partial charge in [-0.2, -0.15) is 0 Å². The van der Waals surface area contributed by atoms with Gasteiger partial charge >= 0.3 is 0 Å². The summed E-state index contributed by atoms with van der Waals surface area (Å²) in [7, 11) is 0. The number of rotatable bonds is 4. The maximum absolute atomic E-state index is 12.9. The molecule has 24 heavy (non-hydrogen) atoms. The van der Waals surface area contributed by atoms with E-state index >= 15 is 0 Å². The van der Waals surface area contributed by atoms with E-state index in [1.54, 1.807) is 0 Å². The minimum absolute atomic E-state index is 0.159. The Morgan fingerprint density at radius 1 is 1.38 bits per heavy atom. The van der Waals surface area contributed by atoms with E-state index in [1.807, 2.05) is 43.0 Å². The Morgan fingerprint density at radius 3 is 2.79 bits per heavy atom. The van der Waals surface area contributed by atoms with E-state index in [0.717, 1.165) is 24.3 Å². The highest BCUT2D eigenvalue weighted by Gasteiger charge is 2.43. The van der Waals surface area contributed by atoms with Gasteiger partial charge in [-0.15, -0.1) is 11.8 Å². The zero-order chi connectivity index (χ0) is 17.2. The monoisotopic (exact) mass is 369 g/mol. The molecular weight excluding hydrogens is 346 g/mol. The third kappa shape index (κ3) is 3.90. The van der Waals surface area contributed by atoms with Gasteiger partial charge < -0.3 is 14.4 Å². The Labute approximate surface area is 152 Å². The van der Waals surface area contributed by atoms with Crippen LogP contribution in [0.1, 0.15) is 26.7 Å². The van der Waals surface area contributed by atoms with Crippen LogP contribution >= 0.6 is 23.4 Å². The van der Waals surface area contributed by atoms with Crippen LogP contribution < -0.4 is 0 Å². The topological polar surface area (TPSA) is 38.8 Å². The van der Waals surface area contributed by atoms with E-state index in [9.17, 15) is 4.79 Å². The van der Waals surface area contributed by atoms with Crippen molar-refractivity contribution < 1.29 is 14.3 Å². The van der Waals surface area contributed by atoms with Gasteiger partial charge in [-0.3, -0.25) is 4.79 Å². The Hall–Kier alpha value is -0.750. The van der Waals surface area contributed by atoms with Crippen molar-refractivity contribution >= 4 is 29.3 Å². The molecule has 2 aliphatic heterocycles. The van der Waals surface area contributed by atoms with Crippen LogP contribution in [0.5, 0.6) is 0 Å². The molecule has 1 amide bonds. The Balaban J connectivity index is 1.62. The van der Waals surface area contributed by atoms with Crippen LogP contribution in [0.4, 0.5) is 0 Å². The van der Waals surface area contributed by atoms with Crippen molar-refractivity contribution in [3.05, 3.63) is 29.3 Å². The van der Waals surface area contributed by atoms with Crippen LogP contribution in [0.25, 0.3) is 0 Å². The fraction of sp³-hybridized carbons (Fsp3) is 0.611. The third-order valence-electron chi connectivity index (χ3n) is 4.82. The molecule has 2 atom stereocenters. The normalized spacial score (nSPS) is 24.8. The van der Waals surface area contributed by atoms with E-state index in [2.05, 4.69) is 0 Å². The number of nitrogens with zero attached hydrogens (tertiary/aromatic N) is 1. The number of halogens is 1. The number of amides is 1. The molecule has 3 rings (SSSR count). The summed E-state index contributed by atoms with van der Waals surface area (Å²) in [6.45, 7) is 6.73. The van der Waals surface area contributed by atoms with Crippen molar-refractivity contribution in [1.29, 1.82) is 0 Å². The summed E-state index contributed by atoms with van der Waals surface area (Å²) in [4.78, 5) is 15.8. The highest BCUT2D eigenvalue weighted by atomic mass is 35.5. The van der Waals surface area contributed by atoms with Gasteiger partial charge in [0.1, 0.15) is 0 Å². The van der Waals surface area contributed by atoms with Crippen molar-refractivity contribution in [3.8, 4) is 0 Å². The van der Waals surface area contributed by atoms with Crippen LogP contribution in [-0.2, 0) is 14.3 Å². The zero-order valence-electron chi connectivity index (χ0n) is 14.2. The molecule has 6 heteroatoms. The average molecular weight is 370 g/mol. The van der Waals surface area contributed by atoms with Crippen molar-refractivity contribution in [2.45, 2.75) is 42.6 Å². The van der Waals surface area contributed by atoms with E-state index in [1.165, 1.54) is 11.8 Å². The molecule has 1 aromatic carbocycles. The van der Waals surface area contributed by atoms with Gasteiger partial charge in [0.25, 0.3) is 0 Å². The maximum Gasteiger partial charge on any atom is 0.235 e. The molecule has 2 unspecified atom stereocenters. The SMILES string of the molecule is CC(Sc1ccccc1Cl)C(=O)N1CCCC(C2(C)OCCO2)C1. The lowest BCUT2D eigenvalue weighted by Gasteiger charge is -2.40. The molecule has 2 fully saturated rings. The first kappa shape index (κ1) is 18.1. The van der Waals surface area contributed by atoms with Gasteiger partial charge in [0.05, 0.1) is 23.5 Å². The summed E-state index contributed by atoms with van der Waals surface area (Å²) in [6, 6.07) is 7.65. The zero-order valence-corrected chi connectivity index (χ0v) is 15.7. The molecule has 0 bridgehead atoms. The highest BCUT2D eigenvalue weighted by molar-refractivity contribution is 8.00. The van der Waals surface area contributed by atoms with Crippen LogP contribution in [0.15, 0.2) is 29.2 Å². The molecule has 4 nitrogen and oxygen atoms in total. The summed E-state index contributed by atoms with van der Waals surface area (Å²) in [5.41, 5.74) is 0. The summed E-state index contributed by atoms with van der Waals surface area (Å²) < 4.78 is 11.6. The van der Waals surface area contributed by atoms with Crippen molar-refractivity contribution in [3.63, 3.8) is 0 Å². The van der Waals surface area contributed by atoms with Crippen molar-refractivity contribution in [1.82, 2.24) is 4.90 Å². The lowest BCUT2D eigenvalue weighted by atomic mass is 9.90. The van der Waals surface area contributed by atoms with Gasteiger partial charge in [-0.25, -0.2) is 0 Å². The maximum atomic E-state index is 12.9. The van der Waals surface area contributed by atoms with Gasteiger partial charge in [-0.05, 0) is 38.8 Å². The van der Waals surface area contributed by atoms with Crippen LogP contribution in [0, 0.1) is 5.92 Å². The van der Waals surface area contributed by atoms with Gasteiger partial charge in [-0.1, -0.05) is 23.7 Å². The number of benzene rings is 1. The Kier molecular flexibility index (Phi) is 5.75. The summed E-state index contributed by atoms with van der Waals surface area (Å²) in [5.74, 6) is -0.153. The first-order chi connectivity index (χ1) is 11.5. The van der Waals surface area contributed by atoms with E-state index in [0.29, 0.717) is 24.8 Å². The van der Waals surface area contributed by atoms with Gasteiger partial charge in [0.2, 0.25) is 5.91 Å². The lowest BCUT2D eigenvalue weighted by Crippen LogP contribution is -2.50. The average Bonchev–Trinajstić information content (AvgIpc) is 3.04. The second-order valence-electron chi connectivity index (χ2n) is 6.53. The minimum atomic E-state index is -0.544. The molecule has 0 aromatic heterocycles. The van der Waals surface area contributed by atoms with Gasteiger partial charge in [0, 0.05) is 23.9 Å². The molecule has 0 N–H and O–H groups in total. The van der Waals surface area contributed by atoms with E-state index in [4.69, 9.17) is 21.1 Å². The number of carbonyl (C=O) groups excluding carboxylic acids is 1. The number of hydrogen-bond donors (Lipinski definition) is 0. The fourth-order valence-corrected chi connectivity index (χ4v) is 4.65. The molecule has 0 radical (unpaired) electrons. The quantitative estimate of drug-likeness (QED) is 0.756. The lowest BCUT2D eigenvalue weighted by molar-refractivity contribution is -0.192. The smallest absolute Gasteiger partial charge is 0.235 e. The molecule has 0 saturated carbocycles. The molecule has 132 valence electrons. The van der Waals surface area contributed by atoms with E-state index < -0.39 is 5.79 Å². The largest absolute Gasteiger partial charge is 0.347 e. The second kappa shape index (κ2) is 7.65. The second-order valence-corrected chi connectivity index (χ2v) is 8.32. The third-order valence-corrected chi connectivity index (χ3v) is 6.43. The van der Waals surface area contributed by atoms with Crippen LogP contribution in [-0.4, -0.2) is 48.1 Å². The molecule has 0 spiro atoms. The number of piperidine rings is 1. The molecule has 1 aromatic rings. The summed E-state index contributed by atoms with van der Waals surface area (Å²) in [5, 5.41) is 0.529. The predicted molar refractivity (Wildman–Crippen MR) is 96.4 cm³/mol. The van der Waals surface area contributed by atoms with Crippen molar-refractivity contribution in [2.24, 2.45) is 5.92 Å². The first-order valence-electron chi connectivity index (χ1n) is 8.47. The molecule has 2 aliphatic rings. The summed E-state index contributed by atoms with van der Waals surface area (Å²) >= 11 is 7.73. The minimum Gasteiger partial charge on any atom is -0.347 e. The summed E-state index contributed by atoms with van der Waals surface area (Å²) in [6.07, 6.45) is 2.02. The van der Waals surface area contributed by atoms with Gasteiger partial charge in [0.15, 0.2) is 5.79 Å². The first-order valence-corrected chi connectivity index (χ1v) is 9.73. The highest BCUT2D eigenvalue weighted by Crippen LogP contribution is 2.36. The molecule has 0 aliphatic carbocycles. The fourth-order valence-electron chi connectivity index (χ4n) is 3.41. The Morgan fingerprint density at radius 2 is 2.08 bits per heavy atom. The van der Waals surface area contributed by atoms with E-state index in [-0.39, 0.29) is 17.1 Å². The number of ether oxygens (including phenoxy) is 2.